The Morgan fingerprint density at radius 1 is 1.05 bits per heavy atom. The second-order valence-corrected chi connectivity index (χ2v) is 5.03. The summed E-state index contributed by atoms with van der Waals surface area (Å²) in [6, 6.07) is 16.3. The van der Waals surface area contributed by atoms with Crippen molar-refractivity contribution in [2.75, 3.05) is 0 Å². The van der Waals surface area contributed by atoms with Gasteiger partial charge < -0.3 is 0 Å². The number of carbonyl (C=O) groups is 1. The summed E-state index contributed by atoms with van der Waals surface area (Å²) in [5, 5.41) is 0. The Bertz CT molecular complexity index is 566. The molecule has 0 aliphatic rings. The van der Waals surface area contributed by atoms with Crippen LogP contribution in [0.4, 0.5) is 0 Å². The van der Waals surface area contributed by atoms with Crippen molar-refractivity contribution in [3.8, 4) is 11.1 Å². The summed E-state index contributed by atoms with van der Waals surface area (Å²) in [6.45, 7) is 6.05. The molecule has 98 valence electrons. The first-order valence-corrected chi connectivity index (χ1v) is 6.83. The van der Waals surface area contributed by atoms with E-state index in [0.29, 0.717) is 5.92 Å². The molecular weight excluding hydrogens is 232 g/mol. The van der Waals surface area contributed by atoms with Gasteiger partial charge in [-0.1, -0.05) is 62.4 Å². The normalized spacial score (nSPS) is 12.2. The van der Waals surface area contributed by atoms with Crippen molar-refractivity contribution in [2.24, 2.45) is 0 Å². The zero-order valence-electron chi connectivity index (χ0n) is 11.8. The van der Waals surface area contributed by atoms with E-state index in [0.717, 1.165) is 23.1 Å². The number of carbonyl (C=O) groups excluding carboxylic acids is 1. The van der Waals surface area contributed by atoms with Crippen LogP contribution in [-0.2, 0) is 0 Å². The fourth-order valence-electron chi connectivity index (χ4n) is 2.27. The Labute approximate surface area is 115 Å². The largest absolute Gasteiger partial charge is 0.294 e. The highest BCUT2D eigenvalue weighted by molar-refractivity contribution is 6.00. The molecule has 2 rings (SSSR count). The van der Waals surface area contributed by atoms with Gasteiger partial charge in [0.1, 0.15) is 0 Å². The average molecular weight is 252 g/mol. The van der Waals surface area contributed by atoms with E-state index in [1.807, 2.05) is 24.3 Å². The zero-order valence-corrected chi connectivity index (χ0v) is 11.8. The lowest BCUT2D eigenvalue weighted by atomic mass is 9.93. The van der Waals surface area contributed by atoms with Gasteiger partial charge in [0.15, 0.2) is 5.78 Å². The molecule has 0 heterocycles. The van der Waals surface area contributed by atoms with Crippen LogP contribution in [0.5, 0.6) is 0 Å². The molecule has 0 bridgehead atoms. The topological polar surface area (TPSA) is 17.1 Å². The molecule has 0 amide bonds. The number of Topliss-reactive ketones (excluding diaryl/α,β-unsaturated/α-hetero) is 1. The Morgan fingerprint density at radius 2 is 1.68 bits per heavy atom. The Balaban J connectivity index is 2.40. The van der Waals surface area contributed by atoms with Crippen LogP contribution >= 0.6 is 0 Å². The van der Waals surface area contributed by atoms with Crippen LogP contribution in [0.15, 0.2) is 48.5 Å². The number of benzene rings is 2. The molecule has 0 fully saturated rings. The van der Waals surface area contributed by atoms with Crippen LogP contribution in [0, 0.1) is 0 Å². The van der Waals surface area contributed by atoms with Gasteiger partial charge in [-0.25, -0.2) is 0 Å². The third kappa shape index (κ3) is 2.93. The quantitative estimate of drug-likeness (QED) is 0.694. The highest BCUT2D eigenvalue weighted by Crippen LogP contribution is 2.26. The summed E-state index contributed by atoms with van der Waals surface area (Å²) >= 11 is 0. The first-order valence-electron chi connectivity index (χ1n) is 6.83. The average Bonchev–Trinajstić information content (AvgIpc) is 2.46. The van der Waals surface area contributed by atoms with E-state index >= 15 is 0 Å². The lowest BCUT2D eigenvalue weighted by molar-refractivity contribution is 0.101. The second kappa shape index (κ2) is 5.83. The van der Waals surface area contributed by atoms with Crippen molar-refractivity contribution in [3.63, 3.8) is 0 Å². The van der Waals surface area contributed by atoms with Crippen molar-refractivity contribution in [1.29, 1.82) is 0 Å². The SMILES string of the molecule is CCC(C)c1ccc(-c2ccccc2C(C)=O)cc1. The Kier molecular flexibility index (Phi) is 4.16. The molecule has 0 aliphatic carbocycles. The van der Waals surface area contributed by atoms with E-state index in [-0.39, 0.29) is 5.78 Å². The van der Waals surface area contributed by atoms with Crippen molar-refractivity contribution >= 4 is 5.78 Å². The number of hydrogen-bond acceptors (Lipinski definition) is 1. The smallest absolute Gasteiger partial charge is 0.160 e. The molecule has 2 aromatic rings. The summed E-state index contributed by atoms with van der Waals surface area (Å²) in [5.74, 6) is 0.693. The van der Waals surface area contributed by atoms with Crippen LogP contribution in [0.3, 0.4) is 0 Å². The standard InChI is InChI=1S/C18H20O/c1-4-13(2)15-9-11-16(12-10-15)18-8-6-5-7-17(18)14(3)19/h5-13H,4H2,1-3H3. The maximum atomic E-state index is 11.7. The summed E-state index contributed by atoms with van der Waals surface area (Å²) in [4.78, 5) is 11.7. The minimum absolute atomic E-state index is 0.113. The minimum Gasteiger partial charge on any atom is -0.294 e. The number of hydrogen-bond donors (Lipinski definition) is 0. The lowest BCUT2D eigenvalue weighted by Crippen LogP contribution is -1.96. The van der Waals surface area contributed by atoms with E-state index in [9.17, 15) is 4.79 Å². The molecule has 1 unspecified atom stereocenters. The highest BCUT2D eigenvalue weighted by atomic mass is 16.1. The third-order valence-corrected chi connectivity index (χ3v) is 3.71. The van der Waals surface area contributed by atoms with Crippen LogP contribution in [-0.4, -0.2) is 5.78 Å². The molecule has 1 heteroatoms. The van der Waals surface area contributed by atoms with Crippen LogP contribution in [0.2, 0.25) is 0 Å². The fourth-order valence-corrected chi connectivity index (χ4v) is 2.27. The van der Waals surface area contributed by atoms with Gasteiger partial charge in [-0.05, 0) is 36.0 Å². The van der Waals surface area contributed by atoms with E-state index in [1.165, 1.54) is 5.56 Å². The van der Waals surface area contributed by atoms with Crippen molar-refractivity contribution < 1.29 is 4.79 Å². The third-order valence-electron chi connectivity index (χ3n) is 3.71. The molecule has 0 spiro atoms. The van der Waals surface area contributed by atoms with Crippen LogP contribution in [0.1, 0.15) is 49.0 Å². The van der Waals surface area contributed by atoms with E-state index in [4.69, 9.17) is 0 Å². The zero-order chi connectivity index (χ0) is 13.8. The molecular formula is C18H20O. The van der Waals surface area contributed by atoms with Gasteiger partial charge in [-0.3, -0.25) is 4.79 Å². The van der Waals surface area contributed by atoms with Crippen molar-refractivity contribution in [1.82, 2.24) is 0 Å². The maximum Gasteiger partial charge on any atom is 0.160 e. The van der Waals surface area contributed by atoms with E-state index < -0.39 is 0 Å². The molecule has 0 saturated carbocycles. The van der Waals surface area contributed by atoms with Gasteiger partial charge >= 0.3 is 0 Å². The molecule has 2 aromatic carbocycles. The lowest BCUT2D eigenvalue weighted by Gasteiger charge is -2.11. The minimum atomic E-state index is 0.113. The first kappa shape index (κ1) is 13.5. The van der Waals surface area contributed by atoms with Crippen LogP contribution in [0.25, 0.3) is 11.1 Å². The van der Waals surface area contributed by atoms with Gasteiger partial charge in [-0.2, -0.15) is 0 Å². The summed E-state index contributed by atoms with van der Waals surface area (Å²) < 4.78 is 0. The monoisotopic (exact) mass is 252 g/mol. The predicted octanol–water partition coefficient (Wildman–Crippen LogP) is 5.07. The van der Waals surface area contributed by atoms with Gasteiger partial charge in [0, 0.05) is 5.56 Å². The Hall–Kier alpha value is -1.89. The summed E-state index contributed by atoms with van der Waals surface area (Å²) in [6.07, 6.45) is 1.14. The Morgan fingerprint density at radius 3 is 2.26 bits per heavy atom. The van der Waals surface area contributed by atoms with Gasteiger partial charge in [-0.15, -0.1) is 0 Å². The molecule has 0 N–H and O–H groups in total. The molecule has 1 nitrogen and oxygen atoms in total. The van der Waals surface area contributed by atoms with Crippen molar-refractivity contribution in [2.45, 2.75) is 33.1 Å². The van der Waals surface area contributed by atoms with Gasteiger partial charge in [0.25, 0.3) is 0 Å². The molecule has 0 aromatic heterocycles. The highest BCUT2D eigenvalue weighted by Gasteiger charge is 2.09. The summed E-state index contributed by atoms with van der Waals surface area (Å²) in [5.41, 5.74) is 4.27. The van der Waals surface area contributed by atoms with Gasteiger partial charge in [0.2, 0.25) is 0 Å². The summed E-state index contributed by atoms with van der Waals surface area (Å²) in [7, 11) is 0. The van der Waals surface area contributed by atoms with E-state index in [1.54, 1.807) is 6.92 Å². The molecule has 19 heavy (non-hydrogen) atoms. The molecule has 0 radical (unpaired) electrons. The first-order chi connectivity index (χ1) is 9.13. The molecule has 1 atom stereocenters. The van der Waals surface area contributed by atoms with Crippen LogP contribution < -0.4 is 0 Å². The fraction of sp³-hybridized carbons (Fsp3) is 0.278. The number of ketones is 1. The van der Waals surface area contributed by atoms with E-state index in [2.05, 4.69) is 38.1 Å². The van der Waals surface area contributed by atoms with Crippen molar-refractivity contribution in [3.05, 3.63) is 59.7 Å². The maximum absolute atomic E-state index is 11.7. The molecule has 0 saturated heterocycles. The second-order valence-electron chi connectivity index (χ2n) is 5.03. The molecule has 0 aliphatic heterocycles. The number of rotatable bonds is 4. The predicted molar refractivity (Wildman–Crippen MR) is 80.6 cm³/mol. The van der Waals surface area contributed by atoms with Gasteiger partial charge in [0.05, 0.1) is 0 Å².